The van der Waals surface area contributed by atoms with Crippen molar-refractivity contribution < 1.29 is 29.7 Å². The third-order valence-corrected chi connectivity index (χ3v) is 31.3. The van der Waals surface area contributed by atoms with Gasteiger partial charge in [0.05, 0.1) is 40.7 Å². The van der Waals surface area contributed by atoms with Crippen molar-refractivity contribution >= 4 is 33.3 Å². The minimum absolute atomic E-state index is 0. The molecule has 0 saturated heterocycles. The first kappa shape index (κ1) is 71.0. The van der Waals surface area contributed by atoms with Gasteiger partial charge in [-0.3, -0.25) is 14.4 Å². The van der Waals surface area contributed by atoms with Crippen molar-refractivity contribution in [1.82, 2.24) is 30.0 Å². The Morgan fingerprint density at radius 2 is 0.787 bits per heavy atom. The van der Waals surface area contributed by atoms with Crippen LogP contribution in [0.5, 0.6) is 0 Å². The topological polar surface area (TPSA) is 173 Å². The summed E-state index contributed by atoms with van der Waals surface area (Å²) >= 11 is 3.44. The van der Waals surface area contributed by atoms with Crippen LogP contribution in [0.4, 0.5) is 0 Å². The van der Waals surface area contributed by atoms with Gasteiger partial charge in [0.15, 0.2) is 11.6 Å². The Kier molecular flexibility index (Phi) is 21.0. The number of carbonyl (C=O) groups excluding carboxylic acids is 3. The van der Waals surface area contributed by atoms with Gasteiger partial charge in [-0.25, -0.2) is 4.68 Å². The molecule has 12 aliphatic rings. The summed E-state index contributed by atoms with van der Waals surface area (Å²) in [5.41, 5.74) is 0.478. The van der Waals surface area contributed by atoms with Crippen LogP contribution in [0.15, 0.2) is 24.8 Å². The van der Waals surface area contributed by atoms with Gasteiger partial charge in [-0.05, 0) is 317 Å². The van der Waals surface area contributed by atoms with E-state index < -0.39 is 16.8 Å². The molecule has 0 aromatic carbocycles. The fourth-order valence-corrected chi connectivity index (χ4v) is 27.1. The van der Waals surface area contributed by atoms with E-state index in [0.29, 0.717) is 81.6 Å². The molecular formula is C76H127BrN6O6. The Bertz CT molecular complexity index is 2600. The van der Waals surface area contributed by atoms with E-state index in [0.717, 1.165) is 99.2 Å². The molecule has 89 heavy (non-hydrogen) atoms. The lowest BCUT2D eigenvalue weighted by Crippen LogP contribution is -2.56. The standard InChI is InChI=1S/2C25H39N3O2.C23H37BrO2.3CH4/c1-4-25-12-11-23(2,30)15-17(25)5-6-18-19-7-8-21(24(19,3)10-9-20(18)25)22(29)16-28-14-13-26-27-28;1-4-25-12-11-23(2,30)15-17(25)5-6-18-19-7-8-21(24(19,3)10-9-20(18)25)22(29)16-28-26-13-14-27-28;1-4-23-12-11-21(2,26)13-15(23)5-6-16-17-7-8-19(20(25)14-24)22(17,3)10-9-18(16)23;;;/h2*13-14,17-21,30H,4-12,15-16H2,1-3H3;15-19,26H,4-14H2,1-3H3;3*1H4/t2*17-,18-,19-,20-,21+,23+,24-,25-;15-,16-,17-,18-,19+,21+,22-,23-;;;/m000.../s1. The van der Waals surface area contributed by atoms with E-state index >= 15 is 0 Å². The summed E-state index contributed by atoms with van der Waals surface area (Å²) in [7, 11) is 0. The van der Waals surface area contributed by atoms with Gasteiger partial charge in [0.1, 0.15) is 18.9 Å². The van der Waals surface area contributed by atoms with Crippen LogP contribution in [-0.2, 0) is 27.5 Å². The van der Waals surface area contributed by atoms with E-state index in [1.807, 2.05) is 0 Å². The zero-order valence-corrected chi connectivity index (χ0v) is 56.5. The number of aliphatic hydroxyl groups is 3. The molecule has 24 atom stereocenters. The zero-order chi connectivity index (χ0) is 61.0. The Balaban J connectivity index is 0.000000156. The van der Waals surface area contributed by atoms with Gasteiger partial charge < -0.3 is 15.3 Å². The number of hydrogen-bond acceptors (Lipinski definition) is 10. The Morgan fingerprint density at radius 1 is 0.438 bits per heavy atom. The van der Waals surface area contributed by atoms with Gasteiger partial charge in [0.25, 0.3) is 0 Å². The number of carbonyl (C=O) groups is 3. The monoisotopic (exact) mass is 1300 g/mol. The molecule has 12 fully saturated rings. The van der Waals surface area contributed by atoms with E-state index in [1.54, 1.807) is 34.3 Å². The quantitative estimate of drug-likeness (QED) is 0.184. The molecule has 0 aliphatic heterocycles. The first-order valence-electron chi connectivity index (χ1n) is 35.8. The van der Waals surface area contributed by atoms with E-state index in [-0.39, 0.29) is 56.3 Å². The van der Waals surface area contributed by atoms with Gasteiger partial charge in [-0.1, -0.05) is 85.0 Å². The molecule has 2 heterocycles. The van der Waals surface area contributed by atoms with Crippen LogP contribution >= 0.6 is 15.9 Å². The molecule has 3 N–H and O–H groups in total. The number of nitrogens with zero attached hydrogens (tertiary/aromatic N) is 6. The summed E-state index contributed by atoms with van der Waals surface area (Å²) in [5.74, 6) is 10.7. The first-order chi connectivity index (χ1) is 40.9. The second kappa shape index (κ2) is 26.3. The van der Waals surface area contributed by atoms with Crippen LogP contribution in [0.3, 0.4) is 0 Å². The third kappa shape index (κ3) is 12.1. The number of ketones is 3. The largest absolute Gasteiger partial charge is 0.390 e. The van der Waals surface area contributed by atoms with E-state index in [4.69, 9.17) is 0 Å². The second-order valence-corrected chi connectivity index (χ2v) is 34.6. The number of hydrogen-bond donors (Lipinski definition) is 3. The van der Waals surface area contributed by atoms with Gasteiger partial charge in [-0.15, -0.1) is 5.10 Å². The van der Waals surface area contributed by atoms with Crippen molar-refractivity contribution in [2.75, 3.05) is 5.33 Å². The summed E-state index contributed by atoms with van der Waals surface area (Å²) in [6.07, 6.45) is 42.2. The number of halogens is 1. The zero-order valence-electron chi connectivity index (χ0n) is 54.9. The van der Waals surface area contributed by atoms with Crippen LogP contribution in [0, 0.1) is 121 Å². The lowest BCUT2D eigenvalue weighted by molar-refractivity contribution is -0.158. The minimum Gasteiger partial charge on any atom is -0.390 e. The van der Waals surface area contributed by atoms with E-state index in [9.17, 15) is 29.7 Å². The van der Waals surface area contributed by atoms with E-state index in [1.165, 1.54) is 135 Å². The molecule has 12 saturated carbocycles. The summed E-state index contributed by atoms with van der Waals surface area (Å²) in [6.45, 7) is 21.4. The summed E-state index contributed by atoms with van der Waals surface area (Å²) < 4.78 is 1.69. The molecule has 2 aromatic rings. The smallest absolute Gasteiger partial charge is 0.159 e. The van der Waals surface area contributed by atoms with Crippen molar-refractivity contribution in [3.8, 4) is 0 Å². The number of Topliss-reactive ketones (excluding diaryl/α,β-unsaturated/α-hetero) is 3. The van der Waals surface area contributed by atoms with Gasteiger partial charge in [-0.2, -0.15) is 15.0 Å². The van der Waals surface area contributed by atoms with Gasteiger partial charge >= 0.3 is 0 Å². The molecule has 12 nitrogen and oxygen atoms in total. The van der Waals surface area contributed by atoms with Gasteiger partial charge in [0.2, 0.25) is 0 Å². The van der Waals surface area contributed by atoms with Crippen molar-refractivity contribution in [3.05, 3.63) is 24.8 Å². The maximum atomic E-state index is 13.2. The molecule has 0 amide bonds. The summed E-state index contributed by atoms with van der Waals surface area (Å²) in [5, 5.41) is 49.0. The molecule has 14 rings (SSSR count). The molecule has 0 radical (unpaired) electrons. The normalized spacial score (nSPS) is 47.9. The first-order valence-corrected chi connectivity index (χ1v) is 37.0. The number of rotatable bonds is 11. The number of fused-ring (bicyclic) bond motifs is 15. The highest BCUT2D eigenvalue weighted by molar-refractivity contribution is 9.09. The van der Waals surface area contributed by atoms with Crippen LogP contribution in [0.1, 0.15) is 277 Å². The SMILES string of the molecule is C.C.C.CC[C@]12CC[C@@](C)(O)C[C@@H]1CC[C@H]1[C@@H]3CC[C@H](C(=O)CBr)[C@@]3(C)CC[C@@H]12.CC[C@]12CC[C@@](C)(O)C[C@@H]1CC[C@H]1[C@@H]3CC[C@H](C(=O)Cn4ccnn4)[C@@]3(C)CC[C@@H]12.CC[C@]12CC[C@@](C)(O)C[C@@H]1CC[C@H]1[C@@H]3CC[C@H](C(=O)Cn4nccn4)[C@@]3(C)CC[C@@H]12. The average molecular weight is 1300 g/mol. The molecule has 0 unspecified atom stereocenters. The molecule has 0 spiro atoms. The Morgan fingerprint density at radius 3 is 1.11 bits per heavy atom. The summed E-state index contributed by atoms with van der Waals surface area (Å²) in [6, 6.07) is 0. The maximum absolute atomic E-state index is 13.2. The van der Waals surface area contributed by atoms with E-state index in [2.05, 4.69) is 98.8 Å². The van der Waals surface area contributed by atoms with Crippen molar-refractivity contribution in [3.63, 3.8) is 0 Å². The highest BCUT2D eigenvalue weighted by Crippen LogP contribution is 2.73. The second-order valence-electron chi connectivity index (χ2n) is 34.0. The lowest BCUT2D eigenvalue weighted by atomic mass is 9.42. The third-order valence-electron chi connectivity index (χ3n) is 30.8. The molecule has 12 aliphatic carbocycles. The number of alkyl halides is 1. The highest BCUT2D eigenvalue weighted by Gasteiger charge is 2.66. The van der Waals surface area contributed by atoms with Crippen LogP contribution in [0.2, 0.25) is 0 Å². The fraction of sp³-hybridized carbons (Fsp3) is 0.908. The van der Waals surface area contributed by atoms with Crippen molar-refractivity contribution in [1.29, 1.82) is 0 Å². The fourth-order valence-electron chi connectivity index (χ4n) is 26.7. The van der Waals surface area contributed by atoms with Crippen LogP contribution in [-0.4, -0.2) is 84.8 Å². The lowest BCUT2D eigenvalue weighted by Gasteiger charge is -2.63. The number of aromatic nitrogens is 6. The van der Waals surface area contributed by atoms with Gasteiger partial charge in [0, 0.05) is 24.0 Å². The van der Waals surface area contributed by atoms with Crippen LogP contribution < -0.4 is 0 Å². The Labute approximate surface area is 548 Å². The molecule has 13 heteroatoms. The molecule has 0 bridgehead atoms. The molecule has 2 aromatic heterocycles. The maximum Gasteiger partial charge on any atom is 0.159 e. The van der Waals surface area contributed by atoms with Crippen molar-refractivity contribution in [2.45, 2.75) is 307 Å². The minimum atomic E-state index is -0.467. The summed E-state index contributed by atoms with van der Waals surface area (Å²) in [4.78, 5) is 40.6. The average Bonchev–Trinajstić information content (AvgIpc) is 1.74. The molecule has 504 valence electrons. The van der Waals surface area contributed by atoms with Crippen LogP contribution in [0.25, 0.3) is 0 Å². The van der Waals surface area contributed by atoms with Crippen molar-refractivity contribution in [2.24, 2.45) is 121 Å². The Hall–Kier alpha value is -2.35. The predicted octanol–water partition coefficient (Wildman–Crippen LogP) is 17.0. The molecular weight excluding hydrogens is 1170 g/mol. The highest BCUT2D eigenvalue weighted by atomic mass is 79.9. The predicted molar refractivity (Wildman–Crippen MR) is 360 cm³/mol.